The molecule has 0 aliphatic heterocycles. The molecule has 7 nitrogen and oxygen atoms in total. The van der Waals surface area contributed by atoms with Gasteiger partial charge in [-0.3, -0.25) is 9.59 Å². The molecule has 0 saturated carbocycles. The summed E-state index contributed by atoms with van der Waals surface area (Å²) < 4.78 is 0. The number of nitrogens with one attached hydrogen (secondary N) is 3. The number of aromatic nitrogens is 2. The van der Waals surface area contributed by atoms with Crippen LogP contribution in [-0.4, -0.2) is 41.1 Å². The summed E-state index contributed by atoms with van der Waals surface area (Å²) in [6.45, 7) is 6.74. The summed E-state index contributed by atoms with van der Waals surface area (Å²) >= 11 is 0. The van der Waals surface area contributed by atoms with Gasteiger partial charge in [0.05, 0.1) is 0 Å². The Bertz CT molecular complexity index is 445. The summed E-state index contributed by atoms with van der Waals surface area (Å²) in [6.07, 6.45) is 0.243. The first kappa shape index (κ1) is 15.9. The van der Waals surface area contributed by atoms with E-state index in [4.69, 9.17) is 0 Å². The van der Waals surface area contributed by atoms with Crippen LogP contribution < -0.4 is 16.0 Å². The van der Waals surface area contributed by atoms with Crippen molar-refractivity contribution in [2.75, 3.05) is 18.4 Å². The van der Waals surface area contributed by atoms with Gasteiger partial charge in [0, 0.05) is 25.6 Å². The highest BCUT2D eigenvalue weighted by Gasteiger charge is 2.09. The summed E-state index contributed by atoms with van der Waals surface area (Å²) in [5.74, 6) is 0.201. The van der Waals surface area contributed by atoms with Crippen molar-refractivity contribution in [2.45, 2.75) is 33.2 Å². The Hall–Kier alpha value is -2.18. The molecule has 0 aromatic carbocycles. The average Bonchev–Trinajstić information content (AvgIpc) is 2.39. The van der Waals surface area contributed by atoms with Crippen LogP contribution in [0.5, 0.6) is 0 Å². The SMILES string of the molecule is CCNc1ccc(C(=O)NCCC(=O)NC(C)C)nn1. The fraction of sp³-hybridized carbons (Fsp3) is 0.538. The number of amides is 2. The summed E-state index contributed by atoms with van der Waals surface area (Å²) in [4.78, 5) is 23.1. The zero-order chi connectivity index (χ0) is 15.0. The third-order valence-electron chi connectivity index (χ3n) is 2.34. The second kappa shape index (κ2) is 8.08. The summed E-state index contributed by atoms with van der Waals surface area (Å²) in [7, 11) is 0. The number of carbonyl (C=O) groups is 2. The largest absolute Gasteiger partial charge is 0.369 e. The first-order valence-electron chi connectivity index (χ1n) is 6.68. The van der Waals surface area contributed by atoms with E-state index >= 15 is 0 Å². The van der Waals surface area contributed by atoms with Crippen molar-refractivity contribution >= 4 is 17.6 Å². The first-order chi connectivity index (χ1) is 9.52. The molecule has 0 bridgehead atoms. The normalized spacial score (nSPS) is 10.2. The highest BCUT2D eigenvalue weighted by molar-refractivity contribution is 5.92. The third-order valence-corrected chi connectivity index (χ3v) is 2.34. The van der Waals surface area contributed by atoms with Crippen molar-refractivity contribution in [3.8, 4) is 0 Å². The lowest BCUT2D eigenvalue weighted by molar-refractivity contribution is -0.121. The summed E-state index contributed by atoms with van der Waals surface area (Å²) in [5.41, 5.74) is 0.232. The molecule has 1 rings (SSSR count). The van der Waals surface area contributed by atoms with E-state index in [1.807, 2.05) is 20.8 Å². The van der Waals surface area contributed by atoms with Gasteiger partial charge < -0.3 is 16.0 Å². The Morgan fingerprint density at radius 3 is 2.55 bits per heavy atom. The second-order valence-corrected chi connectivity index (χ2v) is 4.56. The zero-order valence-electron chi connectivity index (χ0n) is 12.1. The number of nitrogens with zero attached hydrogens (tertiary/aromatic N) is 2. The van der Waals surface area contributed by atoms with E-state index in [1.54, 1.807) is 12.1 Å². The van der Waals surface area contributed by atoms with Gasteiger partial charge in [-0.1, -0.05) is 0 Å². The maximum absolute atomic E-state index is 11.8. The molecule has 0 unspecified atom stereocenters. The molecule has 1 aromatic heterocycles. The van der Waals surface area contributed by atoms with E-state index in [9.17, 15) is 9.59 Å². The summed E-state index contributed by atoms with van der Waals surface area (Å²) in [6, 6.07) is 3.38. The fourth-order valence-corrected chi connectivity index (χ4v) is 1.50. The van der Waals surface area contributed by atoms with Crippen molar-refractivity contribution in [1.82, 2.24) is 20.8 Å². The second-order valence-electron chi connectivity index (χ2n) is 4.56. The van der Waals surface area contributed by atoms with Gasteiger partial charge in [0.25, 0.3) is 5.91 Å². The average molecular weight is 279 g/mol. The molecule has 0 saturated heterocycles. The van der Waals surface area contributed by atoms with Crippen LogP contribution in [-0.2, 0) is 4.79 Å². The lowest BCUT2D eigenvalue weighted by Gasteiger charge is -2.08. The van der Waals surface area contributed by atoms with Gasteiger partial charge in [0.15, 0.2) is 5.69 Å². The highest BCUT2D eigenvalue weighted by atomic mass is 16.2. The van der Waals surface area contributed by atoms with E-state index in [0.29, 0.717) is 5.82 Å². The minimum atomic E-state index is -0.335. The molecule has 0 aliphatic carbocycles. The predicted molar refractivity (Wildman–Crippen MR) is 76.4 cm³/mol. The number of anilines is 1. The Kier molecular flexibility index (Phi) is 6.42. The molecule has 0 atom stereocenters. The lowest BCUT2D eigenvalue weighted by Crippen LogP contribution is -2.34. The van der Waals surface area contributed by atoms with Crippen LogP contribution in [0.4, 0.5) is 5.82 Å². The number of rotatable bonds is 7. The zero-order valence-corrected chi connectivity index (χ0v) is 12.1. The van der Waals surface area contributed by atoms with E-state index in [-0.39, 0.29) is 36.5 Å². The topological polar surface area (TPSA) is 96.0 Å². The molecular weight excluding hydrogens is 258 g/mol. The fourth-order valence-electron chi connectivity index (χ4n) is 1.50. The minimum absolute atomic E-state index is 0.0890. The Morgan fingerprint density at radius 2 is 2.00 bits per heavy atom. The van der Waals surface area contributed by atoms with Crippen LogP contribution in [0.3, 0.4) is 0 Å². The van der Waals surface area contributed by atoms with Gasteiger partial charge in [-0.2, -0.15) is 0 Å². The molecule has 0 fully saturated rings. The molecule has 0 spiro atoms. The molecule has 1 heterocycles. The molecular formula is C13H21N5O2. The van der Waals surface area contributed by atoms with Gasteiger partial charge >= 0.3 is 0 Å². The maximum Gasteiger partial charge on any atom is 0.271 e. The van der Waals surface area contributed by atoms with E-state index in [1.165, 1.54) is 0 Å². The molecule has 0 aliphatic rings. The van der Waals surface area contributed by atoms with Gasteiger partial charge in [0.2, 0.25) is 5.91 Å². The number of hydrogen-bond donors (Lipinski definition) is 3. The van der Waals surface area contributed by atoms with Crippen LogP contribution in [0.25, 0.3) is 0 Å². The van der Waals surface area contributed by atoms with Crippen molar-refractivity contribution in [3.63, 3.8) is 0 Å². The van der Waals surface area contributed by atoms with E-state index in [0.717, 1.165) is 6.54 Å². The minimum Gasteiger partial charge on any atom is -0.369 e. The van der Waals surface area contributed by atoms with Crippen molar-refractivity contribution in [3.05, 3.63) is 17.8 Å². The van der Waals surface area contributed by atoms with Gasteiger partial charge in [-0.05, 0) is 32.9 Å². The molecule has 0 radical (unpaired) electrons. The lowest BCUT2D eigenvalue weighted by atomic mass is 10.3. The molecule has 1 aromatic rings. The van der Waals surface area contributed by atoms with Gasteiger partial charge in [0.1, 0.15) is 5.82 Å². The molecule has 3 N–H and O–H groups in total. The Morgan fingerprint density at radius 1 is 1.25 bits per heavy atom. The van der Waals surface area contributed by atoms with E-state index in [2.05, 4.69) is 26.1 Å². The molecule has 2 amide bonds. The Labute approximate surface area is 118 Å². The van der Waals surface area contributed by atoms with E-state index < -0.39 is 0 Å². The van der Waals surface area contributed by atoms with Crippen molar-refractivity contribution < 1.29 is 9.59 Å². The highest BCUT2D eigenvalue weighted by Crippen LogP contribution is 2.01. The quantitative estimate of drug-likeness (QED) is 0.677. The van der Waals surface area contributed by atoms with Crippen LogP contribution in [0.2, 0.25) is 0 Å². The smallest absolute Gasteiger partial charge is 0.271 e. The Balaban J connectivity index is 2.37. The van der Waals surface area contributed by atoms with Gasteiger partial charge in [-0.25, -0.2) is 0 Å². The van der Waals surface area contributed by atoms with Crippen molar-refractivity contribution in [2.24, 2.45) is 0 Å². The number of hydrogen-bond acceptors (Lipinski definition) is 5. The monoisotopic (exact) mass is 279 g/mol. The maximum atomic E-state index is 11.8. The summed E-state index contributed by atoms with van der Waals surface area (Å²) in [5, 5.41) is 16.1. The van der Waals surface area contributed by atoms with Crippen LogP contribution >= 0.6 is 0 Å². The molecule has 7 heteroatoms. The first-order valence-corrected chi connectivity index (χ1v) is 6.68. The van der Waals surface area contributed by atoms with Crippen molar-refractivity contribution in [1.29, 1.82) is 0 Å². The van der Waals surface area contributed by atoms with Crippen LogP contribution in [0.15, 0.2) is 12.1 Å². The number of carbonyl (C=O) groups excluding carboxylic acids is 2. The molecule has 110 valence electrons. The predicted octanol–water partition coefficient (Wildman–Crippen LogP) is 0.553. The molecule has 20 heavy (non-hydrogen) atoms. The standard InChI is InChI=1S/C13H21N5O2/c1-4-14-11-6-5-10(17-18-11)13(20)15-8-7-12(19)16-9(2)3/h5-6,9H,4,7-8H2,1-3H3,(H,14,18)(H,15,20)(H,16,19). The third kappa shape index (κ3) is 5.64. The van der Waals surface area contributed by atoms with Gasteiger partial charge in [-0.15, -0.1) is 10.2 Å². The van der Waals surface area contributed by atoms with Crippen LogP contribution in [0.1, 0.15) is 37.7 Å². The van der Waals surface area contributed by atoms with Crippen LogP contribution in [0, 0.1) is 0 Å².